The third-order valence-electron chi connectivity index (χ3n) is 3.14. The van der Waals surface area contributed by atoms with E-state index < -0.39 is 11.9 Å². The summed E-state index contributed by atoms with van der Waals surface area (Å²) >= 11 is 3.18. The Kier molecular flexibility index (Phi) is 5.59. The first-order valence-corrected chi connectivity index (χ1v) is 7.60. The highest BCUT2D eigenvalue weighted by Crippen LogP contribution is 2.37. The van der Waals surface area contributed by atoms with Crippen molar-refractivity contribution in [3.8, 4) is 11.5 Å². The molecule has 0 aliphatic heterocycles. The van der Waals surface area contributed by atoms with Gasteiger partial charge >= 0.3 is 5.97 Å². The van der Waals surface area contributed by atoms with Crippen LogP contribution in [0.25, 0.3) is 6.08 Å². The fourth-order valence-corrected chi connectivity index (χ4v) is 2.37. The summed E-state index contributed by atoms with van der Waals surface area (Å²) in [4.78, 5) is 23.5. The van der Waals surface area contributed by atoms with Crippen molar-refractivity contribution in [2.75, 3.05) is 7.11 Å². The van der Waals surface area contributed by atoms with Crippen LogP contribution in [0.2, 0.25) is 0 Å². The normalized spacial score (nSPS) is 11.0. The lowest BCUT2D eigenvalue weighted by atomic mass is 10.1. The number of phenolic OH excluding ortho intramolecular Hbond substituents is 1. The number of nitrogens with one attached hydrogen (secondary N) is 1. The van der Waals surface area contributed by atoms with Crippen molar-refractivity contribution in [1.29, 1.82) is 0 Å². The summed E-state index contributed by atoms with van der Waals surface area (Å²) in [5.74, 6) is -1.77. The lowest BCUT2D eigenvalue weighted by Crippen LogP contribution is -2.27. The molecule has 0 atom stereocenters. The third kappa shape index (κ3) is 3.94. The molecule has 0 aromatic heterocycles. The molecule has 0 bridgehead atoms. The van der Waals surface area contributed by atoms with Gasteiger partial charge in [-0.1, -0.05) is 18.2 Å². The molecule has 1 amide bonds. The fourth-order valence-electron chi connectivity index (χ4n) is 1.93. The van der Waals surface area contributed by atoms with Crippen molar-refractivity contribution < 1.29 is 24.5 Å². The van der Waals surface area contributed by atoms with E-state index in [1.807, 2.05) is 0 Å². The van der Waals surface area contributed by atoms with Crippen LogP contribution in [0.4, 0.5) is 0 Å². The van der Waals surface area contributed by atoms with E-state index in [1.165, 1.54) is 19.3 Å². The Bertz CT molecular complexity index is 802. The zero-order valence-electron chi connectivity index (χ0n) is 12.6. The molecule has 24 heavy (non-hydrogen) atoms. The molecule has 0 heterocycles. The van der Waals surface area contributed by atoms with Crippen molar-refractivity contribution in [2.45, 2.75) is 0 Å². The maximum Gasteiger partial charge on any atom is 0.352 e. The van der Waals surface area contributed by atoms with Gasteiger partial charge in [0.2, 0.25) is 0 Å². The van der Waals surface area contributed by atoms with Crippen LogP contribution in [0, 0.1) is 0 Å². The van der Waals surface area contributed by atoms with Gasteiger partial charge in [-0.15, -0.1) is 0 Å². The minimum absolute atomic E-state index is 0.162. The van der Waals surface area contributed by atoms with Gasteiger partial charge in [0, 0.05) is 5.56 Å². The van der Waals surface area contributed by atoms with E-state index in [0.29, 0.717) is 11.1 Å². The quantitative estimate of drug-likeness (QED) is 0.680. The van der Waals surface area contributed by atoms with Crippen LogP contribution in [0.1, 0.15) is 15.9 Å². The number of carboxylic acids is 1. The Morgan fingerprint density at radius 3 is 2.42 bits per heavy atom. The van der Waals surface area contributed by atoms with Crippen LogP contribution in [-0.4, -0.2) is 29.2 Å². The molecule has 0 saturated heterocycles. The molecule has 0 aliphatic rings. The number of carboxylic acid groups (broad SMARTS) is 1. The van der Waals surface area contributed by atoms with Crippen molar-refractivity contribution in [2.24, 2.45) is 0 Å². The first-order valence-electron chi connectivity index (χ1n) is 6.81. The van der Waals surface area contributed by atoms with Crippen molar-refractivity contribution >= 4 is 33.9 Å². The van der Waals surface area contributed by atoms with Crippen molar-refractivity contribution in [3.05, 3.63) is 63.8 Å². The Morgan fingerprint density at radius 1 is 1.17 bits per heavy atom. The number of amides is 1. The molecule has 2 aromatic rings. The maximum atomic E-state index is 12.1. The molecular formula is C17H14BrNO5. The minimum atomic E-state index is -1.30. The summed E-state index contributed by atoms with van der Waals surface area (Å²) in [7, 11) is 1.40. The van der Waals surface area contributed by atoms with Crippen LogP contribution in [-0.2, 0) is 4.79 Å². The number of hydrogen-bond donors (Lipinski definition) is 3. The molecule has 0 unspecified atom stereocenters. The van der Waals surface area contributed by atoms with Crippen molar-refractivity contribution in [1.82, 2.24) is 5.32 Å². The second-order valence-corrected chi connectivity index (χ2v) is 5.50. The third-order valence-corrected chi connectivity index (χ3v) is 3.98. The van der Waals surface area contributed by atoms with E-state index in [1.54, 1.807) is 36.4 Å². The van der Waals surface area contributed by atoms with Gasteiger partial charge in [-0.25, -0.2) is 4.79 Å². The number of aromatic hydroxyl groups is 1. The molecular weight excluding hydrogens is 378 g/mol. The average Bonchev–Trinajstić information content (AvgIpc) is 2.59. The van der Waals surface area contributed by atoms with E-state index in [-0.39, 0.29) is 21.7 Å². The number of phenols is 1. The van der Waals surface area contributed by atoms with Crippen LogP contribution in [0.15, 0.2) is 52.6 Å². The van der Waals surface area contributed by atoms with Gasteiger partial charge in [0.25, 0.3) is 5.91 Å². The Labute approximate surface area is 146 Å². The second-order valence-electron chi connectivity index (χ2n) is 4.70. The topological polar surface area (TPSA) is 95.9 Å². The molecule has 0 fully saturated rings. The number of rotatable bonds is 5. The van der Waals surface area contributed by atoms with E-state index in [4.69, 9.17) is 4.74 Å². The van der Waals surface area contributed by atoms with Gasteiger partial charge in [-0.2, -0.15) is 0 Å². The highest BCUT2D eigenvalue weighted by atomic mass is 79.9. The monoisotopic (exact) mass is 391 g/mol. The summed E-state index contributed by atoms with van der Waals surface area (Å²) in [5.41, 5.74) is 0.384. The number of methoxy groups -OCH3 is 1. The predicted molar refractivity (Wildman–Crippen MR) is 91.9 cm³/mol. The highest BCUT2D eigenvalue weighted by molar-refractivity contribution is 9.10. The molecule has 0 spiro atoms. The molecule has 0 aliphatic carbocycles. The number of carbonyl (C=O) groups is 2. The lowest BCUT2D eigenvalue weighted by Gasteiger charge is -2.09. The average molecular weight is 392 g/mol. The van der Waals surface area contributed by atoms with Gasteiger partial charge in [-0.05, 0) is 51.8 Å². The van der Waals surface area contributed by atoms with Crippen LogP contribution in [0.3, 0.4) is 0 Å². The predicted octanol–water partition coefficient (Wildman–Crippen LogP) is 3.02. The van der Waals surface area contributed by atoms with Crippen molar-refractivity contribution in [3.63, 3.8) is 0 Å². The molecule has 0 radical (unpaired) electrons. The van der Waals surface area contributed by atoms with E-state index in [0.717, 1.165) is 0 Å². The zero-order valence-corrected chi connectivity index (χ0v) is 14.2. The zero-order chi connectivity index (χ0) is 17.7. The SMILES string of the molecule is COc1ccc(C=C(NC(=O)c2ccccc2)C(=O)O)c(Br)c1O. The summed E-state index contributed by atoms with van der Waals surface area (Å²) in [6.45, 7) is 0. The second kappa shape index (κ2) is 7.65. The molecule has 2 aromatic carbocycles. The minimum Gasteiger partial charge on any atom is -0.503 e. The lowest BCUT2D eigenvalue weighted by molar-refractivity contribution is -0.132. The molecule has 124 valence electrons. The van der Waals surface area contributed by atoms with Gasteiger partial charge in [0.05, 0.1) is 11.6 Å². The van der Waals surface area contributed by atoms with Crippen LogP contribution >= 0.6 is 15.9 Å². The fraction of sp³-hybridized carbons (Fsp3) is 0.0588. The molecule has 2 rings (SSSR count). The molecule has 0 saturated carbocycles. The van der Waals surface area contributed by atoms with Gasteiger partial charge in [0.15, 0.2) is 11.5 Å². The number of ether oxygens (including phenoxy) is 1. The van der Waals surface area contributed by atoms with Gasteiger partial charge < -0.3 is 20.3 Å². The van der Waals surface area contributed by atoms with Gasteiger partial charge in [0.1, 0.15) is 5.70 Å². The molecule has 7 heteroatoms. The summed E-state index contributed by atoms with van der Waals surface area (Å²) in [6.07, 6.45) is 1.24. The summed E-state index contributed by atoms with van der Waals surface area (Å²) in [6, 6.07) is 11.3. The summed E-state index contributed by atoms with van der Waals surface area (Å²) < 4.78 is 5.23. The highest BCUT2D eigenvalue weighted by Gasteiger charge is 2.16. The first-order chi connectivity index (χ1) is 11.4. The number of halogens is 1. The largest absolute Gasteiger partial charge is 0.503 e. The van der Waals surface area contributed by atoms with Crippen LogP contribution in [0.5, 0.6) is 11.5 Å². The maximum absolute atomic E-state index is 12.1. The van der Waals surface area contributed by atoms with Gasteiger partial charge in [-0.3, -0.25) is 4.79 Å². The number of benzene rings is 2. The molecule has 6 nitrogen and oxygen atoms in total. The van der Waals surface area contributed by atoms with E-state index in [9.17, 15) is 19.8 Å². The number of hydrogen-bond acceptors (Lipinski definition) is 4. The Balaban J connectivity index is 2.34. The van der Waals surface area contributed by atoms with Crippen LogP contribution < -0.4 is 10.1 Å². The Hall–Kier alpha value is -2.80. The van der Waals surface area contributed by atoms with E-state index >= 15 is 0 Å². The number of carbonyl (C=O) groups excluding carboxylic acids is 1. The van der Waals surface area contributed by atoms with E-state index in [2.05, 4.69) is 21.2 Å². The first kappa shape index (κ1) is 17.6. The standard InChI is InChI=1S/C17H14BrNO5/c1-24-13-8-7-11(14(18)15(13)20)9-12(17(22)23)19-16(21)10-5-3-2-4-6-10/h2-9,20H,1H3,(H,19,21)(H,22,23). The smallest absolute Gasteiger partial charge is 0.352 e. The molecule has 3 N–H and O–H groups in total. The number of aliphatic carboxylic acids is 1. The Morgan fingerprint density at radius 2 is 1.83 bits per heavy atom. The summed E-state index contributed by atoms with van der Waals surface area (Å²) in [5, 5.41) is 21.6.